The molecule has 1 N–H and O–H groups in total. The Bertz CT molecular complexity index is 341. The minimum absolute atomic E-state index is 0.104. The molecule has 0 aliphatic carbocycles. The van der Waals surface area contributed by atoms with Gasteiger partial charge in [-0.15, -0.1) is 0 Å². The van der Waals surface area contributed by atoms with Crippen molar-refractivity contribution in [3.8, 4) is 5.75 Å². The number of unbranched alkanes of at least 4 members (excludes halogenated alkanes) is 1. The third kappa shape index (κ3) is 4.35. The van der Waals surface area contributed by atoms with Gasteiger partial charge in [0.15, 0.2) is 0 Å². The Labute approximate surface area is 103 Å². The van der Waals surface area contributed by atoms with E-state index in [9.17, 15) is 4.39 Å². The molecule has 1 aromatic carbocycles. The molecule has 0 bridgehead atoms. The Kier molecular flexibility index (Phi) is 5.98. The van der Waals surface area contributed by atoms with E-state index >= 15 is 0 Å². The van der Waals surface area contributed by atoms with Crippen molar-refractivity contribution in [3.05, 3.63) is 29.6 Å². The Morgan fingerprint density at radius 2 is 2.12 bits per heavy atom. The lowest BCUT2D eigenvalue weighted by molar-refractivity contribution is 0.302. The van der Waals surface area contributed by atoms with Gasteiger partial charge < -0.3 is 10.1 Å². The summed E-state index contributed by atoms with van der Waals surface area (Å²) in [6.07, 6.45) is 2.12. The average molecular weight is 239 g/mol. The van der Waals surface area contributed by atoms with Gasteiger partial charge in [0.05, 0.1) is 6.61 Å². The molecule has 0 aliphatic heterocycles. The van der Waals surface area contributed by atoms with Crippen LogP contribution in [0.1, 0.15) is 45.2 Å². The molecular weight excluding hydrogens is 217 g/mol. The number of rotatable bonds is 7. The molecule has 0 spiro atoms. The summed E-state index contributed by atoms with van der Waals surface area (Å²) in [6.45, 7) is 7.72. The van der Waals surface area contributed by atoms with E-state index in [2.05, 4.69) is 12.2 Å². The normalized spacial score (nSPS) is 12.5. The highest BCUT2D eigenvalue weighted by molar-refractivity contribution is 5.36. The Hall–Kier alpha value is -1.09. The van der Waals surface area contributed by atoms with Crippen LogP contribution in [0.5, 0.6) is 5.75 Å². The molecule has 0 aliphatic rings. The Morgan fingerprint density at radius 1 is 1.35 bits per heavy atom. The molecule has 0 saturated heterocycles. The highest BCUT2D eigenvalue weighted by Crippen LogP contribution is 2.26. The van der Waals surface area contributed by atoms with Crippen LogP contribution < -0.4 is 10.1 Å². The molecule has 1 unspecified atom stereocenters. The zero-order valence-corrected chi connectivity index (χ0v) is 10.9. The number of nitrogens with one attached hydrogen (secondary N) is 1. The van der Waals surface area contributed by atoms with E-state index in [4.69, 9.17) is 4.74 Å². The lowest BCUT2D eigenvalue weighted by Crippen LogP contribution is -2.18. The van der Waals surface area contributed by atoms with E-state index < -0.39 is 0 Å². The van der Waals surface area contributed by atoms with Crippen LogP contribution in [-0.2, 0) is 0 Å². The van der Waals surface area contributed by atoms with Crippen molar-refractivity contribution >= 4 is 0 Å². The monoisotopic (exact) mass is 239 g/mol. The molecule has 0 amide bonds. The van der Waals surface area contributed by atoms with Crippen molar-refractivity contribution in [1.82, 2.24) is 5.32 Å². The van der Waals surface area contributed by atoms with Crippen LogP contribution in [0.25, 0.3) is 0 Å². The van der Waals surface area contributed by atoms with Crippen molar-refractivity contribution < 1.29 is 9.13 Å². The molecule has 1 rings (SSSR count). The number of benzene rings is 1. The lowest BCUT2D eigenvalue weighted by atomic mass is 10.1. The first-order valence-electron chi connectivity index (χ1n) is 6.34. The van der Waals surface area contributed by atoms with E-state index in [-0.39, 0.29) is 11.9 Å². The van der Waals surface area contributed by atoms with Crippen molar-refractivity contribution in [2.75, 3.05) is 13.2 Å². The minimum atomic E-state index is -0.215. The zero-order valence-electron chi connectivity index (χ0n) is 10.9. The van der Waals surface area contributed by atoms with Gasteiger partial charge in [0.2, 0.25) is 0 Å². The van der Waals surface area contributed by atoms with Crippen LogP contribution in [0.3, 0.4) is 0 Å². The molecule has 1 atom stereocenters. The predicted molar refractivity (Wildman–Crippen MR) is 68.9 cm³/mol. The second-order valence-corrected chi connectivity index (χ2v) is 4.16. The van der Waals surface area contributed by atoms with Gasteiger partial charge in [-0.3, -0.25) is 0 Å². The summed E-state index contributed by atoms with van der Waals surface area (Å²) in [5.41, 5.74) is 0.892. The zero-order chi connectivity index (χ0) is 12.7. The maximum absolute atomic E-state index is 13.3. The minimum Gasteiger partial charge on any atom is -0.493 e. The van der Waals surface area contributed by atoms with Crippen LogP contribution in [0.4, 0.5) is 4.39 Å². The molecule has 0 radical (unpaired) electrons. The van der Waals surface area contributed by atoms with E-state index in [0.29, 0.717) is 6.61 Å². The van der Waals surface area contributed by atoms with Gasteiger partial charge in [0.1, 0.15) is 11.6 Å². The lowest BCUT2D eigenvalue weighted by Gasteiger charge is -2.17. The largest absolute Gasteiger partial charge is 0.493 e. The predicted octanol–water partition coefficient (Wildman–Crippen LogP) is 3.68. The molecule has 3 heteroatoms. The second kappa shape index (κ2) is 7.28. The third-order valence-corrected chi connectivity index (χ3v) is 2.70. The maximum atomic E-state index is 13.3. The van der Waals surface area contributed by atoms with Crippen molar-refractivity contribution in [2.45, 2.75) is 39.7 Å². The third-order valence-electron chi connectivity index (χ3n) is 2.70. The van der Waals surface area contributed by atoms with Crippen LogP contribution in [0, 0.1) is 5.82 Å². The second-order valence-electron chi connectivity index (χ2n) is 4.16. The summed E-state index contributed by atoms with van der Waals surface area (Å²) in [5, 5.41) is 3.27. The first-order valence-corrected chi connectivity index (χ1v) is 6.34. The van der Waals surface area contributed by atoms with Crippen molar-refractivity contribution in [2.24, 2.45) is 0 Å². The van der Waals surface area contributed by atoms with Gasteiger partial charge in [-0.05, 0) is 38.1 Å². The fraction of sp³-hybridized carbons (Fsp3) is 0.571. The molecule has 96 valence electrons. The van der Waals surface area contributed by atoms with Crippen LogP contribution in [-0.4, -0.2) is 13.2 Å². The summed E-state index contributed by atoms with van der Waals surface area (Å²) in [6, 6.07) is 4.82. The van der Waals surface area contributed by atoms with Crippen molar-refractivity contribution in [1.29, 1.82) is 0 Å². The Morgan fingerprint density at radius 3 is 2.76 bits per heavy atom. The smallest absolute Gasteiger partial charge is 0.124 e. The van der Waals surface area contributed by atoms with E-state index in [1.54, 1.807) is 12.1 Å². The first kappa shape index (κ1) is 14.0. The van der Waals surface area contributed by atoms with Gasteiger partial charge in [-0.2, -0.15) is 0 Å². The highest BCUT2D eigenvalue weighted by atomic mass is 19.1. The average Bonchev–Trinajstić information content (AvgIpc) is 2.31. The summed E-state index contributed by atoms with van der Waals surface area (Å²) in [4.78, 5) is 0. The number of halogens is 1. The molecular formula is C14H22FNO. The highest BCUT2D eigenvalue weighted by Gasteiger charge is 2.11. The van der Waals surface area contributed by atoms with E-state index in [1.165, 1.54) is 6.07 Å². The number of hydrogen-bond donors (Lipinski definition) is 1. The molecule has 1 aromatic rings. The van der Waals surface area contributed by atoms with E-state index in [0.717, 1.165) is 30.7 Å². The topological polar surface area (TPSA) is 21.3 Å². The first-order chi connectivity index (χ1) is 8.19. The van der Waals surface area contributed by atoms with Gasteiger partial charge in [0, 0.05) is 11.6 Å². The maximum Gasteiger partial charge on any atom is 0.124 e. The quantitative estimate of drug-likeness (QED) is 0.733. The van der Waals surface area contributed by atoms with Crippen LogP contribution >= 0.6 is 0 Å². The number of ether oxygens (including phenoxy) is 1. The number of hydrogen-bond acceptors (Lipinski definition) is 2. The summed E-state index contributed by atoms with van der Waals surface area (Å²) < 4.78 is 18.9. The van der Waals surface area contributed by atoms with E-state index in [1.807, 2.05) is 13.8 Å². The standard InChI is InChI=1S/C14H22FNO/c1-4-6-9-17-14-8-7-12(15)10-13(14)11(3)16-5-2/h7-8,10-11,16H,4-6,9H2,1-3H3. The molecule has 0 saturated carbocycles. The Balaban J connectivity index is 2.79. The van der Waals surface area contributed by atoms with Gasteiger partial charge >= 0.3 is 0 Å². The van der Waals surface area contributed by atoms with Gasteiger partial charge in [0.25, 0.3) is 0 Å². The fourth-order valence-corrected chi connectivity index (χ4v) is 1.73. The molecule has 2 nitrogen and oxygen atoms in total. The molecule has 0 fully saturated rings. The summed E-state index contributed by atoms with van der Waals surface area (Å²) in [5.74, 6) is 0.570. The van der Waals surface area contributed by atoms with Crippen LogP contribution in [0.2, 0.25) is 0 Å². The molecule has 0 heterocycles. The molecule has 0 aromatic heterocycles. The van der Waals surface area contributed by atoms with Gasteiger partial charge in [-0.25, -0.2) is 4.39 Å². The van der Waals surface area contributed by atoms with Crippen LogP contribution in [0.15, 0.2) is 18.2 Å². The van der Waals surface area contributed by atoms with Crippen molar-refractivity contribution in [3.63, 3.8) is 0 Å². The summed E-state index contributed by atoms with van der Waals surface area (Å²) >= 11 is 0. The summed E-state index contributed by atoms with van der Waals surface area (Å²) in [7, 11) is 0. The molecule has 17 heavy (non-hydrogen) atoms. The van der Waals surface area contributed by atoms with Gasteiger partial charge in [-0.1, -0.05) is 20.3 Å². The fourth-order valence-electron chi connectivity index (χ4n) is 1.73. The SMILES string of the molecule is CCCCOc1ccc(F)cc1C(C)NCC.